The van der Waals surface area contributed by atoms with E-state index in [0.29, 0.717) is 13.0 Å². The van der Waals surface area contributed by atoms with Crippen LogP contribution in [0.25, 0.3) is 10.6 Å². The van der Waals surface area contributed by atoms with Gasteiger partial charge in [-0.05, 0) is 25.7 Å². The van der Waals surface area contributed by atoms with Crippen molar-refractivity contribution >= 4 is 29.7 Å². The summed E-state index contributed by atoms with van der Waals surface area (Å²) in [6.07, 6.45) is 3.46. The molecule has 1 aromatic heterocycles. The first-order valence-electron chi connectivity index (χ1n) is 9.32. The summed E-state index contributed by atoms with van der Waals surface area (Å²) in [5, 5.41) is 6.00. The van der Waals surface area contributed by atoms with E-state index in [9.17, 15) is 4.79 Å². The first kappa shape index (κ1) is 21.8. The minimum absolute atomic E-state index is 0. The maximum atomic E-state index is 12.5. The van der Waals surface area contributed by atoms with Gasteiger partial charge in [0, 0.05) is 29.5 Å². The molecule has 7 heteroatoms. The van der Waals surface area contributed by atoms with Gasteiger partial charge < -0.3 is 15.8 Å². The highest BCUT2D eigenvalue weighted by molar-refractivity contribution is 7.13. The number of carbonyl (C=O) groups excluding carboxylic acids is 1. The van der Waals surface area contributed by atoms with Gasteiger partial charge in [0.25, 0.3) is 0 Å². The molecule has 3 N–H and O–H groups in total. The highest BCUT2D eigenvalue weighted by Gasteiger charge is 2.32. The van der Waals surface area contributed by atoms with Gasteiger partial charge in [0.15, 0.2) is 0 Å². The fourth-order valence-corrected chi connectivity index (χ4v) is 4.14. The number of rotatable bonds is 7. The van der Waals surface area contributed by atoms with Crippen LogP contribution >= 0.6 is 23.7 Å². The summed E-state index contributed by atoms with van der Waals surface area (Å²) >= 11 is 1.60. The van der Waals surface area contributed by atoms with Crippen molar-refractivity contribution in [3.05, 3.63) is 41.4 Å². The predicted molar refractivity (Wildman–Crippen MR) is 112 cm³/mol. The van der Waals surface area contributed by atoms with Gasteiger partial charge in [0.05, 0.1) is 18.3 Å². The van der Waals surface area contributed by atoms with Gasteiger partial charge in [-0.15, -0.1) is 23.7 Å². The molecule has 1 aliphatic rings. The molecule has 5 nitrogen and oxygen atoms in total. The molecule has 2 aromatic rings. The van der Waals surface area contributed by atoms with Gasteiger partial charge in [0.1, 0.15) is 5.01 Å². The molecule has 1 heterocycles. The molecule has 0 aliphatic heterocycles. The second-order valence-corrected chi connectivity index (χ2v) is 7.67. The Labute approximate surface area is 171 Å². The van der Waals surface area contributed by atoms with E-state index in [1.165, 1.54) is 0 Å². The van der Waals surface area contributed by atoms with Crippen LogP contribution < -0.4 is 11.1 Å². The van der Waals surface area contributed by atoms with Gasteiger partial charge in [0.2, 0.25) is 5.91 Å². The molecule has 27 heavy (non-hydrogen) atoms. The smallest absolute Gasteiger partial charge is 0.223 e. The largest absolute Gasteiger partial charge is 0.377 e. The number of benzene rings is 1. The third-order valence-electron chi connectivity index (χ3n) is 4.76. The second-order valence-electron chi connectivity index (χ2n) is 6.81. The standard InChI is InChI=1S/C20H27N3O2S.ClH/c1-2-10-25-18-9-8-15(11-17(18)21)19(24)22-12-16-13-26-20(23-16)14-6-4-3-5-7-14;/h3-7,13,15,17-18H,2,8-12,21H2,1H3,(H,22,24);1H/t15-,17+,18+;/m0./s1. The van der Waals surface area contributed by atoms with Crippen molar-refractivity contribution in [3.63, 3.8) is 0 Å². The Bertz CT molecular complexity index is 710. The molecule has 1 fully saturated rings. The van der Waals surface area contributed by atoms with E-state index in [2.05, 4.69) is 17.2 Å². The summed E-state index contributed by atoms with van der Waals surface area (Å²) in [6, 6.07) is 10.0. The molecule has 3 rings (SSSR count). The average Bonchev–Trinajstić information content (AvgIpc) is 3.15. The van der Waals surface area contributed by atoms with Crippen LogP contribution in [0.4, 0.5) is 0 Å². The number of ether oxygens (including phenoxy) is 1. The maximum Gasteiger partial charge on any atom is 0.223 e. The van der Waals surface area contributed by atoms with Crippen LogP contribution in [0.2, 0.25) is 0 Å². The van der Waals surface area contributed by atoms with E-state index >= 15 is 0 Å². The SMILES string of the molecule is CCCO[C@@H]1CC[C@H](C(=O)NCc2csc(-c3ccccc3)n2)C[C@H]1N.Cl. The Hall–Kier alpha value is -1.47. The number of amides is 1. The molecule has 0 bridgehead atoms. The quantitative estimate of drug-likeness (QED) is 0.729. The van der Waals surface area contributed by atoms with Crippen LogP contribution in [-0.4, -0.2) is 29.6 Å². The Morgan fingerprint density at radius 2 is 2.11 bits per heavy atom. The molecule has 0 unspecified atom stereocenters. The fourth-order valence-electron chi connectivity index (χ4n) is 3.32. The van der Waals surface area contributed by atoms with Crippen molar-refractivity contribution in [1.82, 2.24) is 10.3 Å². The molecule has 1 aromatic carbocycles. The number of hydrogen-bond acceptors (Lipinski definition) is 5. The third kappa shape index (κ3) is 6.01. The lowest BCUT2D eigenvalue weighted by atomic mass is 9.83. The number of carbonyl (C=O) groups is 1. The van der Waals surface area contributed by atoms with Crippen LogP contribution in [0, 0.1) is 5.92 Å². The maximum absolute atomic E-state index is 12.5. The molecular formula is C20H28ClN3O2S. The van der Waals surface area contributed by atoms with Gasteiger partial charge in [-0.25, -0.2) is 4.98 Å². The molecule has 148 valence electrons. The number of nitrogens with two attached hydrogens (primary N) is 1. The molecule has 0 saturated heterocycles. The Morgan fingerprint density at radius 3 is 2.81 bits per heavy atom. The molecular weight excluding hydrogens is 382 g/mol. The average molecular weight is 410 g/mol. The van der Waals surface area contributed by atoms with Crippen molar-refractivity contribution < 1.29 is 9.53 Å². The topological polar surface area (TPSA) is 77.2 Å². The molecule has 0 radical (unpaired) electrons. The summed E-state index contributed by atoms with van der Waals surface area (Å²) in [7, 11) is 0. The number of hydrogen-bond donors (Lipinski definition) is 2. The lowest BCUT2D eigenvalue weighted by molar-refractivity contribution is -0.127. The van der Waals surface area contributed by atoms with E-state index in [1.807, 2.05) is 35.7 Å². The Kier molecular flexibility index (Phi) is 8.70. The highest BCUT2D eigenvalue weighted by atomic mass is 35.5. The summed E-state index contributed by atoms with van der Waals surface area (Å²) in [5.41, 5.74) is 8.21. The van der Waals surface area contributed by atoms with Crippen LogP contribution in [0.3, 0.4) is 0 Å². The third-order valence-corrected chi connectivity index (χ3v) is 5.70. The Morgan fingerprint density at radius 1 is 1.33 bits per heavy atom. The predicted octanol–water partition coefficient (Wildman–Crippen LogP) is 3.77. The first-order valence-corrected chi connectivity index (χ1v) is 10.2. The zero-order valence-electron chi connectivity index (χ0n) is 15.6. The molecule has 1 aliphatic carbocycles. The van der Waals surface area contributed by atoms with Crippen LogP contribution in [0.1, 0.15) is 38.3 Å². The summed E-state index contributed by atoms with van der Waals surface area (Å²) < 4.78 is 5.78. The van der Waals surface area contributed by atoms with Gasteiger partial charge in [-0.1, -0.05) is 37.3 Å². The molecule has 1 amide bonds. The molecule has 0 spiro atoms. The second kappa shape index (κ2) is 10.8. The summed E-state index contributed by atoms with van der Waals surface area (Å²) in [5.74, 6) is 0.0439. The fraction of sp³-hybridized carbons (Fsp3) is 0.500. The number of aromatic nitrogens is 1. The summed E-state index contributed by atoms with van der Waals surface area (Å²) in [4.78, 5) is 17.1. The zero-order valence-corrected chi connectivity index (χ0v) is 17.2. The number of nitrogens with zero attached hydrogens (tertiary/aromatic N) is 1. The van der Waals surface area contributed by atoms with E-state index in [-0.39, 0.29) is 36.4 Å². The monoisotopic (exact) mass is 409 g/mol. The normalized spacial score (nSPS) is 22.1. The van der Waals surface area contributed by atoms with Crippen molar-refractivity contribution in [2.75, 3.05) is 6.61 Å². The molecule has 1 saturated carbocycles. The van der Waals surface area contributed by atoms with E-state index < -0.39 is 0 Å². The minimum Gasteiger partial charge on any atom is -0.377 e. The van der Waals surface area contributed by atoms with E-state index in [1.54, 1.807) is 11.3 Å². The Balaban J connectivity index is 0.00000261. The lowest BCUT2D eigenvalue weighted by Gasteiger charge is -2.33. The first-order chi connectivity index (χ1) is 12.7. The summed E-state index contributed by atoms with van der Waals surface area (Å²) in [6.45, 7) is 3.29. The van der Waals surface area contributed by atoms with Gasteiger partial charge in [-0.3, -0.25) is 4.79 Å². The van der Waals surface area contributed by atoms with Gasteiger partial charge in [-0.2, -0.15) is 0 Å². The number of thiazole rings is 1. The van der Waals surface area contributed by atoms with Crippen LogP contribution in [0.5, 0.6) is 0 Å². The van der Waals surface area contributed by atoms with Gasteiger partial charge >= 0.3 is 0 Å². The zero-order chi connectivity index (χ0) is 18.4. The van der Waals surface area contributed by atoms with E-state index in [4.69, 9.17) is 10.5 Å². The van der Waals surface area contributed by atoms with E-state index in [0.717, 1.165) is 42.1 Å². The number of halogens is 1. The van der Waals surface area contributed by atoms with Crippen molar-refractivity contribution in [3.8, 4) is 10.6 Å². The number of nitrogens with one attached hydrogen (secondary N) is 1. The lowest BCUT2D eigenvalue weighted by Crippen LogP contribution is -2.46. The minimum atomic E-state index is -0.0602. The van der Waals surface area contributed by atoms with Crippen LogP contribution in [0.15, 0.2) is 35.7 Å². The van der Waals surface area contributed by atoms with Crippen molar-refractivity contribution in [2.45, 2.75) is 51.3 Å². The highest BCUT2D eigenvalue weighted by Crippen LogP contribution is 2.26. The van der Waals surface area contributed by atoms with Crippen molar-refractivity contribution in [1.29, 1.82) is 0 Å². The van der Waals surface area contributed by atoms with Crippen LogP contribution in [-0.2, 0) is 16.1 Å². The van der Waals surface area contributed by atoms with Crippen molar-refractivity contribution in [2.24, 2.45) is 11.7 Å². The molecule has 3 atom stereocenters.